The van der Waals surface area contributed by atoms with Crippen LogP contribution in [-0.2, 0) is 15.1 Å². The summed E-state index contributed by atoms with van der Waals surface area (Å²) in [6.45, 7) is 6.19. The maximum atomic E-state index is 13.1. The smallest absolute Gasteiger partial charge is 0.253 e. The lowest BCUT2D eigenvalue weighted by Gasteiger charge is -2.21. The normalized spacial score (nSPS) is 14.6. The highest BCUT2D eigenvalue weighted by Crippen LogP contribution is 2.28. The summed E-state index contributed by atoms with van der Waals surface area (Å²) in [5.41, 5.74) is 4.25. The second kappa shape index (κ2) is 12.8. The molecule has 0 unspecified atom stereocenters. The lowest BCUT2D eigenvalue weighted by molar-refractivity contribution is -0.119. The third kappa shape index (κ3) is 7.61. The fourth-order valence-electron chi connectivity index (χ4n) is 4.06. The Kier molecular flexibility index (Phi) is 9.27. The number of nitrogens with zero attached hydrogens (tertiary/aromatic N) is 3. The Balaban J connectivity index is 1.44. The van der Waals surface area contributed by atoms with Crippen LogP contribution < -0.4 is 10.6 Å². The predicted molar refractivity (Wildman–Crippen MR) is 158 cm³/mol. The zero-order valence-electron chi connectivity index (χ0n) is 22.8. The standard InChI is InChI=1S/C30H35N5O3S/c1-30(2,3)35-16-13-24(18-35)27(36)32-25(19-38-4)28(37)34-29-33-26(20-39-29)23-11-8-10-22(17-23)21-9-6-5-7-14-31-15-12-21/h8-18,20,25H,5-7,19H2,1-4H3,(H,32,36)(H,33,34,37)/t25-/m0/s1. The number of amides is 2. The Morgan fingerprint density at radius 2 is 2.00 bits per heavy atom. The van der Waals surface area contributed by atoms with Crippen LogP contribution in [0.15, 0.2) is 71.4 Å². The van der Waals surface area contributed by atoms with Crippen LogP contribution >= 0.6 is 11.3 Å². The monoisotopic (exact) mass is 545 g/mol. The summed E-state index contributed by atoms with van der Waals surface area (Å²) in [6.07, 6.45) is 14.7. The van der Waals surface area contributed by atoms with E-state index in [0.29, 0.717) is 10.7 Å². The molecule has 39 heavy (non-hydrogen) atoms. The van der Waals surface area contributed by atoms with Crippen LogP contribution in [0.1, 0.15) is 56.0 Å². The molecule has 0 fully saturated rings. The van der Waals surface area contributed by atoms with Crippen LogP contribution in [0.4, 0.5) is 5.13 Å². The Hall–Kier alpha value is -3.82. The molecule has 0 radical (unpaired) electrons. The summed E-state index contributed by atoms with van der Waals surface area (Å²) < 4.78 is 7.17. The number of benzene rings is 1. The first kappa shape index (κ1) is 28.2. The summed E-state index contributed by atoms with van der Waals surface area (Å²) in [6, 6.07) is 9.03. The summed E-state index contributed by atoms with van der Waals surface area (Å²) in [7, 11) is 1.49. The van der Waals surface area contributed by atoms with E-state index < -0.39 is 11.9 Å². The number of allylic oxidation sites excluding steroid dienone is 3. The molecule has 4 rings (SSSR count). The lowest BCUT2D eigenvalue weighted by atomic mass is 10.0. The van der Waals surface area contributed by atoms with Crippen LogP contribution in [0.3, 0.4) is 0 Å². The van der Waals surface area contributed by atoms with E-state index in [0.717, 1.165) is 41.7 Å². The average Bonchev–Trinajstić information content (AvgIpc) is 3.60. The van der Waals surface area contributed by atoms with Crippen LogP contribution in [-0.4, -0.2) is 47.3 Å². The number of ether oxygens (including phenoxy) is 1. The first-order valence-corrected chi connectivity index (χ1v) is 13.9. The molecule has 0 saturated carbocycles. The van der Waals surface area contributed by atoms with E-state index >= 15 is 0 Å². The molecule has 2 amide bonds. The van der Waals surface area contributed by atoms with Gasteiger partial charge in [0.2, 0.25) is 0 Å². The number of aromatic nitrogens is 2. The van der Waals surface area contributed by atoms with Gasteiger partial charge in [0.1, 0.15) is 6.04 Å². The number of methoxy groups -OCH3 is 1. The SMILES string of the molecule is COC[C@H](NC(=O)c1ccn(C(C)(C)C)c1)C(=O)Nc1nc(-c2cccc(C3=CCCCC=NC=C3)c2)cs1. The van der Waals surface area contributed by atoms with Crippen molar-refractivity contribution in [1.29, 1.82) is 0 Å². The molecule has 8 nitrogen and oxygen atoms in total. The number of hydrogen-bond donors (Lipinski definition) is 2. The number of thiazole rings is 1. The topological polar surface area (TPSA) is 97.6 Å². The molecule has 0 spiro atoms. The Bertz CT molecular complexity index is 1390. The summed E-state index contributed by atoms with van der Waals surface area (Å²) in [4.78, 5) is 34.9. The van der Waals surface area contributed by atoms with Gasteiger partial charge in [-0.25, -0.2) is 4.98 Å². The van der Waals surface area contributed by atoms with Crippen LogP contribution in [0.5, 0.6) is 0 Å². The molecule has 204 valence electrons. The van der Waals surface area contributed by atoms with Gasteiger partial charge in [-0.1, -0.05) is 24.3 Å². The first-order valence-electron chi connectivity index (χ1n) is 13.0. The molecule has 1 atom stereocenters. The Morgan fingerprint density at radius 3 is 2.77 bits per heavy atom. The van der Waals surface area contributed by atoms with Crippen LogP contribution in [0.2, 0.25) is 0 Å². The highest BCUT2D eigenvalue weighted by Gasteiger charge is 2.24. The van der Waals surface area contributed by atoms with Gasteiger partial charge in [0.25, 0.3) is 11.8 Å². The van der Waals surface area contributed by atoms with E-state index in [1.165, 1.54) is 18.4 Å². The molecule has 0 bridgehead atoms. The van der Waals surface area contributed by atoms with E-state index in [2.05, 4.69) is 59.6 Å². The third-order valence-electron chi connectivity index (χ3n) is 6.26. The van der Waals surface area contributed by atoms with E-state index in [1.54, 1.807) is 12.3 Å². The second-order valence-electron chi connectivity index (χ2n) is 10.3. The maximum Gasteiger partial charge on any atom is 0.253 e. The number of anilines is 1. The molecule has 3 heterocycles. The number of aliphatic imine (C=N–C) groups is 1. The minimum Gasteiger partial charge on any atom is -0.382 e. The van der Waals surface area contributed by atoms with Gasteiger partial charge < -0.3 is 19.9 Å². The molecular weight excluding hydrogens is 510 g/mol. The van der Waals surface area contributed by atoms with Crippen molar-refractivity contribution in [3.8, 4) is 11.3 Å². The fraction of sp³-hybridized carbons (Fsp3) is 0.333. The molecule has 0 saturated heterocycles. The summed E-state index contributed by atoms with van der Waals surface area (Å²) >= 11 is 1.33. The van der Waals surface area contributed by atoms with Gasteiger partial charge in [0.05, 0.1) is 17.9 Å². The largest absolute Gasteiger partial charge is 0.382 e. The number of carbonyl (C=O) groups excluding carboxylic acids is 2. The van der Waals surface area contributed by atoms with Crippen LogP contribution in [0.25, 0.3) is 16.8 Å². The summed E-state index contributed by atoms with van der Waals surface area (Å²) in [5, 5.41) is 7.97. The highest BCUT2D eigenvalue weighted by atomic mass is 32.1. The number of hydrogen-bond acceptors (Lipinski definition) is 6. The molecule has 2 aromatic heterocycles. The lowest BCUT2D eigenvalue weighted by Crippen LogP contribution is -2.46. The van der Waals surface area contributed by atoms with Gasteiger partial charge in [0.15, 0.2) is 5.13 Å². The number of carbonyl (C=O) groups is 2. The van der Waals surface area contributed by atoms with Crippen molar-refractivity contribution in [2.24, 2.45) is 4.99 Å². The first-order chi connectivity index (χ1) is 18.7. The molecule has 2 N–H and O–H groups in total. The van der Waals surface area contributed by atoms with E-state index in [1.807, 2.05) is 46.8 Å². The average molecular weight is 546 g/mol. The predicted octanol–water partition coefficient (Wildman–Crippen LogP) is 5.90. The van der Waals surface area contributed by atoms with Crippen molar-refractivity contribution < 1.29 is 14.3 Å². The molecular formula is C30H35N5O3S. The van der Waals surface area contributed by atoms with Gasteiger partial charge in [-0.15, -0.1) is 11.3 Å². The van der Waals surface area contributed by atoms with E-state index in [-0.39, 0.29) is 18.1 Å². The third-order valence-corrected chi connectivity index (χ3v) is 7.02. The van der Waals surface area contributed by atoms with Crippen molar-refractivity contribution in [2.45, 2.75) is 51.6 Å². The van der Waals surface area contributed by atoms with Gasteiger partial charge in [-0.3, -0.25) is 14.6 Å². The zero-order chi connectivity index (χ0) is 27.8. The maximum absolute atomic E-state index is 13.1. The number of nitrogens with one attached hydrogen (secondary N) is 2. The highest BCUT2D eigenvalue weighted by molar-refractivity contribution is 7.14. The molecule has 3 aromatic rings. The molecule has 0 aliphatic carbocycles. The van der Waals surface area contributed by atoms with Crippen molar-refractivity contribution >= 4 is 40.1 Å². The van der Waals surface area contributed by atoms with E-state index in [4.69, 9.17) is 4.74 Å². The Morgan fingerprint density at radius 1 is 1.18 bits per heavy atom. The number of rotatable bonds is 8. The van der Waals surface area contributed by atoms with Crippen LogP contribution in [0, 0.1) is 0 Å². The van der Waals surface area contributed by atoms with Crippen molar-refractivity contribution in [3.05, 3.63) is 77.6 Å². The molecule has 1 aliphatic heterocycles. The second-order valence-corrected chi connectivity index (χ2v) is 11.2. The minimum atomic E-state index is -0.874. The van der Waals surface area contributed by atoms with Gasteiger partial charge >= 0.3 is 0 Å². The Labute approximate surface area is 233 Å². The van der Waals surface area contributed by atoms with Gasteiger partial charge in [0, 0.05) is 48.4 Å². The summed E-state index contributed by atoms with van der Waals surface area (Å²) in [5.74, 6) is -0.734. The van der Waals surface area contributed by atoms with Crippen molar-refractivity contribution in [2.75, 3.05) is 19.0 Å². The van der Waals surface area contributed by atoms with E-state index in [9.17, 15) is 9.59 Å². The molecule has 1 aromatic carbocycles. The van der Waals surface area contributed by atoms with Gasteiger partial charge in [-0.05, 0) is 69.4 Å². The van der Waals surface area contributed by atoms with Crippen molar-refractivity contribution in [3.63, 3.8) is 0 Å². The molecule has 1 aliphatic rings. The van der Waals surface area contributed by atoms with Crippen molar-refractivity contribution in [1.82, 2.24) is 14.9 Å². The molecule has 9 heteroatoms. The zero-order valence-corrected chi connectivity index (χ0v) is 23.6. The van der Waals surface area contributed by atoms with Gasteiger partial charge in [-0.2, -0.15) is 0 Å². The quantitative estimate of drug-likeness (QED) is 0.368. The minimum absolute atomic E-state index is 0.0322. The fourth-order valence-corrected chi connectivity index (χ4v) is 4.78.